The normalized spacial score (nSPS) is 12.1. The van der Waals surface area contributed by atoms with Crippen LogP contribution < -0.4 is 0 Å². The summed E-state index contributed by atoms with van der Waals surface area (Å²) in [6.45, 7) is 8.93. The van der Waals surface area contributed by atoms with Crippen LogP contribution >= 0.6 is 0 Å². The molecule has 0 amide bonds. The fourth-order valence-electron chi connectivity index (χ4n) is 3.41. The van der Waals surface area contributed by atoms with Crippen LogP contribution in [0.3, 0.4) is 0 Å². The van der Waals surface area contributed by atoms with Gasteiger partial charge in [-0.25, -0.2) is 0 Å². The van der Waals surface area contributed by atoms with Crippen molar-refractivity contribution in [1.82, 2.24) is 0 Å². The van der Waals surface area contributed by atoms with Gasteiger partial charge >= 0.3 is 19.5 Å². The molecule has 0 aliphatic carbocycles. The molecule has 2 atom stereocenters. The SMILES string of the molecule is CCCCCCCCCCCOC(=O)C(C)[S-].CCCCCCCCCCCOC(=O)C(C)[S-].[Zn+2]. The predicted octanol–water partition coefficient (Wildman–Crippen LogP) is 7.99. The minimum Gasteiger partial charge on any atom is -0.778 e. The largest absolute Gasteiger partial charge is 2.00 e. The van der Waals surface area contributed by atoms with Crippen molar-refractivity contribution in [1.29, 1.82) is 0 Å². The zero-order chi connectivity index (χ0) is 25.9. The summed E-state index contributed by atoms with van der Waals surface area (Å²) in [5.74, 6) is -0.501. The van der Waals surface area contributed by atoms with Crippen LogP contribution in [0.1, 0.15) is 143 Å². The van der Waals surface area contributed by atoms with Crippen molar-refractivity contribution in [2.75, 3.05) is 13.2 Å². The first kappa shape index (κ1) is 39.8. The van der Waals surface area contributed by atoms with Crippen LogP contribution in [0.4, 0.5) is 0 Å². The summed E-state index contributed by atoms with van der Waals surface area (Å²) in [7, 11) is 0. The van der Waals surface area contributed by atoms with Gasteiger partial charge in [-0.3, -0.25) is 9.59 Å². The molecule has 0 N–H and O–H groups in total. The van der Waals surface area contributed by atoms with Gasteiger partial charge in [0.2, 0.25) is 0 Å². The first-order valence-corrected chi connectivity index (χ1v) is 15.0. The van der Waals surface area contributed by atoms with Crippen molar-refractivity contribution in [3.05, 3.63) is 0 Å². The second-order valence-electron chi connectivity index (χ2n) is 9.28. The number of hydrogen-bond acceptors (Lipinski definition) is 6. The van der Waals surface area contributed by atoms with E-state index in [1.54, 1.807) is 13.8 Å². The third-order valence-electron chi connectivity index (χ3n) is 5.65. The maximum absolute atomic E-state index is 11.1. The Morgan fingerprint density at radius 2 is 0.743 bits per heavy atom. The van der Waals surface area contributed by atoms with Crippen molar-refractivity contribution >= 4 is 37.2 Å². The van der Waals surface area contributed by atoms with Gasteiger partial charge in [-0.05, 0) is 12.8 Å². The van der Waals surface area contributed by atoms with Gasteiger partial charge in [-0.15, -0.1) is 0 Å². The molecule has 0 heterocycles. The molecule has 2 unspecified atom stereocenters. The Morgan fingerprint density at radius 3 is 0.971 bits per heavy atom. The summed E-state index contributed by atoms with van der Waals surface area (Å²) < 4.78 is 10.0. The van der Waals surface area contributed by atoms with Gasteiger partial charge in [0.1, 0.15) is 0 Å². The van der Waals surface area contributed by atoms with Gasteiger partial charge < -0.3 is 34.7 Å². The summed E-state index contributed by atoms with van der Waals surface area (Å²) in [6.07, 6.45) is 23.0. The number of rotatable bonds is 22. The summed E-state index contributed by atoms with van der Waals surface area (Å²) in [5.41, 5.74) is 0. The van der Waals surface area contributed by atoms with E-state index >= 15 is 0 Å². The van der Waals surface area contributed by atoms with Crippen molar-refractivity contribution < 1.29 is 38.5 Å². The molecule has 0 aliphatic heterocycles. The number of unbranched alkanes of at least 4 members (excludes halogenated alkanes) is 16. The fourth-order valence-corrected chi connectivity index (χ4v) is 3.54. The molecule has 0 aromatic rings. The van der Waals surface area contributed by atoms with Crippen LogP contribution in [-0.2, 0) is 63.8 Å². The average Bonchev–Trinajstić information content (AvgIpc) is 2.81. The van der Waals surface area contributed by atoms with Crippen LogP contribution in [0.5, 0.6) is 0 Å². The molecule has 7 heteroatoms. The molecular formula is C28H54O4S2Zn. The molecule has 0 radical (unpaired) electrons. The van der Waals surface area contributed by atoms with E-state index in [0.717, 1.165) is 25.7 Å². The standard InChI is InChI=1S/2C14H28O2S.Zn/c2*1-3-4-5-6-7-8-9-10-11-12-16-14(15)13(2)17;/h2*13,17H,3-12H2,1-2H3;/q;;+2/p-2. The van der Waals surface area contributed by atoms with E-state index < -0.39 is 10.5 Å². The molecule has 0 saturated heterocycles. The van der Waals surface area contributed by atoms with Crippen molar-refractivity contribution in [3.63, 3.8) is 0 Å². The Bertz CT molecular complexity index is 409. The second-order valence-corrected chi connectivity index (χ2v) is 10.7. The van der Waals surface area contributed by atoms with Gasteiger partial charge in [-0.1, -0.05) is 141 Å². The zero-order valence-corrected chi connectivity index (χ0v) is 28.1. The Balaban J connectivity index is -0.000000569. The van der Waals surface area contributed by atoms with Crippen molar-refractivity contribution in [3.8, 4) is 0 Å². The quantitative estimate of drug-likeness (QED) is 0.0557. The molecule has 0 aromatic carbocycles. The van der Waals surface area contributed by atoms with Crippen LogP contribution in [0.25, 0.3) is 0 Å². The summed E-state index contributed by atoms with van der Waals surface area (Å²) in [4.78, 5) is 22.1. The fraction of sp³-hybridized carbons (Fsp3) is 0.929. The van der Waals surface area contributed by atoms with Gasteiger partial charge in [0, 0.05) is 0 Å². The number of carbonyl (C=O) groups excluding carboxylic acids is 2. The van der Waals surface area contributed by atoms with E-state index in [1.807, 2.05) is 0 Å². The number of carbonyl (C=O) groups is 2. The van der Waals surface area contributed by atoms with Crippen LogP contribution in [0.2, 0.25) is 0 Å². The van der Waals surface area contributed by atoms with E-state index in [-0.39, 0.29) is 31.4 Å². The Labute approximate surface area is 241 Å². The maximum Gasteiger partial charge on any atom is 2.00 e. The molecule has 0 aliphatic rings. The van der Waals surface area contributed by atoms with E-state index in [0.29, 0.717) is 13.2 Å². The number of ether oxygens (including phenoxy) is 2. The molecular weight excluding hydrogens is 530 g/mol. The topological polar surface area (TPSA) is 52.6 Å². The second kappa shape index (κ2) is 32.3. The van der Waals surface area contributed by atoms with Crippen molar-refractivity contribution in [2.24, 2.45) is 0 Å². The molecule has 35 heavy (non-hydrogen) atoms. The number of esters is 2. The van der Waals surface area contributed by atoms with Crippen LogP contribution in [-0.4, -0.2) is 35.7 Å². The van der Waals surface area contributed by atoms with Crippen LogP contribution in [0, 0.1) is 0 Å². The minimum atomic E-state index is -0.409. The minimum absolute atomic E-state index is 0. The van der Waals surface area contributed by atoms with E-state index in [1.165, 1.54) is 89.9 Å². The third kappa shape index (κ3) is 34.3. The number of hydrogen-bond donors (Lipinski definition) is 0. The third-order valence-corrected chi connectivity index (χ3v) is 6.03. The first-order chi connectivity index (χ1) is 16.4. The summed E-state index contributed by atoms with van der Waals surface area (Å²) in [5, 5.41) is -0.817. The van der Waals surface area contributed by atoms with E-state index in [9.17, 15) is 9.59 Å². The summed E-state index contributed by atoms with van der Waals surface area (Å²) >= 11 is 9.59. The molecule has 0 aromatic heterocycles. The molecule has 0 spiro atoms. The summed E-state index contributed by atoms with van der Waals surface area (Å²) in [6, 6.07) is 0. The molecule has 0 rings (SSSR count). The first-order valence-electron chi connectivity index (χ1n) is 14.0. The average molecular weight is 584 g/mol. The molecule has 0 bridgehead atoms. The smallest absolute Gasteiger partial charge is 0.778 e. The van der Waals surface area contributed by atoms with Gasteiger partial charge in [-0.2, -0.15) is 0 Å². The van der Waals surface area contributed by atoms with E-state index in [4.69, 9.17) is 34.7 Å². The predicted molar refractivity (Wildman–Crippen MR) is 150 cm³/mol. The monoisotopic (exact) mass is 582 g/mol. The maximum atomic E-state index is 11.1. The van der Waals surface area contributed by atoms with Crippen molar-refractivity contribution in [2.45, 2.75) is 154 Å². The Kier molecular flexibility index (Phi) is 36.7. The molecule has 4 nitrogen and oxygen atoms in total. The van der Waals surface area contributed by atoms with Gasteiger partial charge in [0.15, 0.2) is 0 Å². The molecule has 0 fully saturated rings. The Hall–Kier alpha value is 0.263. The van der Waals surface area contributed by atoms with Gasteiger partial charge in [0.05, 0.1) is 13.2 Å². The van der Waals surface area contributed by atoms with Gasteiger partial charge in [0.25, 0.3) is 11.9 Å². The van der Waals surface area contributed by atoms with Crippen LogP contribution in [0.15, 0.2) is 0 Å². The Morgan fingerprint density at radius 1 is 0.514 bits per heavy atom. The molecule has 0 saturated carbocycles. The molecule has 204 valence electrons. The zero-order valence-electron chi connectivity index (χ0n) is 23.5. The van der Waals surface area contributed by atoms with E-state index in [2.05, 4.69) is 13.8 Å².